The molecule has 0 bridgehead atoms. The van der Waals surface area contributed by atoms with Gasteiger partial charge in [-0.1, -0.05) is 41.5 Å². The van der Waals surface area contributed by atoms with Crippen LogP contribution in [-0.4, -0.2) is 71.1 Å². The quantitative estimate of drug-likeness (QED) is 0.426. The number of ketones is 1. The summed E-state index contributed by atoms with van der Waals surface area (Å²) >= 11 is 0. The van der Waals surface area contributed by atoms with Crippen molar-refractivity contribution in [3.8, 4) is 5.75 Å². The third-order valence-electron chi connectivity index (χ3n) is 6.10. The molecular weight excluding hydrogens is 408 g/mol. The first-order chi connectivity index (χ1) is 15.4. The number of phenolic OH excluding ortho intramolecular Hbond substituents is 1. The standard InChI is InChI=1S/C25H28N2O5/c1-16-3-6-18(7-4-16)22-21(23(29)19-15-17(2)5-8-20(19)28)24(30)25(31)27(22)10-9-26-11-13-32-14-12-26/h3-8,15,22,28-29H,9-14H2,1-2H3/t22-/m1/s1. The number of aryl methyl sites for hydroxylation is 2. The molecule has 0 unspecified atom stereocenters. The number of Topliss-reactive ketones (excluding diaryl/α,β-unsaturated/α-hetero) is 1. The molecule has 7 nitrogen and oxygen atoms in total. The lowest BCUT2D eigenvalue weighted by molar-refractivity contribution is -0.140. The minimum Gasteiger partial charge on any atom is -0.507 e. The van der Waals surface area contributed by atoms with E-state index in [-0.39, 0.29) is 22.6 Å². The molecular formula is C25H28N2O5. The van der Waals surface area contributed by atoms with Crippen molar-refractivity contribution in [3.05, 3.63) is 70.3 Å². The number of hydrogen-bond donors (Lipinski definition) is 2. The summed E-state index contributed by atoms with van der Waals surface area (Å²) in [6, 6.07) is 11.6. The smallest absolute Gasteiger partial charge is 0.295 e. The summed E-state index contributed by atoms with van der Waals surface area (Å²) in [4.78, 5) is 29.9. The number of aliphatic hydroxyl groups excluding tert-OH is 1. The van der Waals surface area contributed by atoms with E-state index in [1.807, 2.05) is 38.1 Å². The van der Waals surface area contributed by atoms with Gasteiger partial charge in [0.1, 0.15) is 11.5 Å². The summed E-state index contributed by atoms with van der Waals surface area (Å²) in [5, 5.41) is 21.5. The molecule has 0 saturated carbocycles. The Hall–Kier alpha value is -3.16. The Morgan fingerprint density at radius 3 is 2.34 bits per heavy atom. The van der Waals surface area contributed by atoms with Gasteiger partial charge in [0.05, 0.1) is 30.4 Å². The maximum absolute atomic E-state index is 13.1. The molecule has 1 amide bonds. The van der Waals surface area contributed by atoms with Crippen LogP contribution in [0.3, 0.4) is 0 Å². The fourth-order valence-electron chi connectivity index (χ4n) is 4.26. The molecule has 2 aliphatic rings. The monoisotopic (exact) mass is 436 g/mol. The fourth-order valence-corrected chi connectivity index (χ4v) is 4.26. The number of aromatic hydroxyl groups is 1. The van der Waals surface area contributed by atoms with Crippen LogP contribution in [0.15, 0.2) is 48.0 Å². The number of carbonyl (C=O) groups excluding carboxylic acids is 2. The second-order valence-corrected chi connectivity index (χ2v) is 8.38. The zero-order valence-electron chi connectivity index (χ0n) is 18.4. The van der Waals surface area contributed by atoms with Crippen LogP contribution < -0.4 is 0 Å². The molecule has 0 spiro atoms. The molecule has 2 aromatic carbocycles. The summed E-state index contributed by atoms with van der Waals surface area (Å²) in [6.07, 6.45) is 0. The number of aliphatic hydroxyl groups is 1. The second-order valence-electron chi connectivity index (χ2n) is 8.38. The first kappa shape index (κ1) is 22.0. The van der Waals surface area contributed by atoms with Crippen molar-refractivity contribution in [2.75, 3.05) is 39.4 Å². The number of benzene rings is 2. The van der Waals surface area contributed by atoms with Crippen molar-refractivity contribution in [2.45, 2.75) is 19.9 Å². The molecule has 2 fully saturated rings. The predicted molar refractivity (Wildman–Crippen MR) is 120 cm³/mol. The highest BCUT2D eigenvalue weighted by atomic mass is 16.5. The molecule has 2 heterocycles. The predicted octanol–water partition coefficient (Wildman–Crippen LogP) is 2.76. The number of hydrogen-bond acceptors (Lipinski definition) is 6. The first-order valence-electron chi connectivity index (χ1n) is 10.8. The van der Waals surface area contributed by atoms with Gasteiger partial charge in [-0.15, -0.1) is 0 Å². The summed E-state index contributed by atoms with van der Waals surface area (Å²) in [5.41, 5.74) is 2.76. The van der Waals surface area contributed by atoms with E-state index in [0.717, 1.165) is 29.8 Å². The van der Waals surface area contributed by atoms with Gasteiger partial charge in [0.2, 0.25) is 0 Å². The molecule has 2 aromatic rings. The van der Waals surface area contributed by atoms with Crippen LogP contribution in [0.4, 0.5) is 0 Å². The molecule has 2 aliphatic heterocycles. The van der Waals surface area contributed by atoms with Gasteiger partial charge in [0.15, 0.2) is 0 Å². The van der Waals surface area contributed by atoms with Gasteiger partial charge in [-0.2, -0.15) is 0 Å². The third kappa shape index (κ3) is 4.26. The zero-order chi connectivity index (χ0) is 22.8. The summed E-state index contributed by atoms with van der Waals surface area (Å²) in [7, 11) is 0. The van der Waals surface area contributed by atoms with Crippen molar-refractivity contribution in [2.24, 2.45) is 0 Å². The fraction of sp³-hybridized carbons (Fsp3) is 0.360. The number of rotatable bonds is 5. The van der Waals surface area contributed by atoms with Crippen LogP contribution in [0.5, 0.6) is 5.75 Å². The largest absolute Gasteiger partial charge is 0.507 e. The molecule has 2 saturated heterocycles. The van der Waals surface area contributed by atoms with Gasteiger partial charge in [-0.05, 0) is 31.5 Å². The van der Waals surface area contributed by atoms with Crippen LogP contribution >= 0.6 is 0 Å². The van der Waals surface area contributed by atoms with Gasteiger partial charge in [0.25, 0.3) is 11.7 Å². The van der Waals surface area contributed by atoms with Gasteiger partial charge >= 0.3 is 0 Å². The molecule has 168 valence electrons. The molecule has 4 rings (SSSR count). The van der Waals surface area contributed by atoms with Gasteiger partial charge in [-0.25, -0.2) is 0 Å². The maximum Gasteiger partial charge on any atom is 0.295 e. The zero-order valence-corrected chi connectivity index (χ0v) is 18.4. The third-order valence-corrected chi connectivity index (χ3v) is 6.10. The molecule has 0 radical (unpaired) electrons. The minimum absolute atomic E-state index is 0.00160. The normalized spacial score (nSPS) is 21.3. The Labute approximate surface area is 187 Å². The molecule has 2 N–H and O–H groups in total. The van der Waals surface area contributed by atoms with Crippen LogP contribution in [0.1, 0.15) is 28.3 Å². The van der Waals surface area contributed by atoms with E-state index < -0.39 is 17.7 Å². The van der Waals surface area contributed by atoms with Crippen molar-refractivity contribution in [3.63, 3.8) is 0 Å². The van der Waals surface area contributed by atoms with Crippen molar-refractivity contribution < 1.29 is 24.5 Å². The molecule has 0 aromatic heterocycles. The van der Waals surface area contributed by atoms with Crippen LogP contribution in [0.2, 0.25) is 0 Å². The van der Waals surface area contributed by atoms with Crippen LogP contribution in [0, 0.1) is 13.8 Å². The number of nitrogens with zero attached hydrogens (tertiary/aromatic N) is 2. The highest BCUT2D eigenvalue weighted by Crippen LogP contribution is 2.40. The SMILES string of the molecule is Cc1ccc([C@@H]2C(=C(O)c3cc(C)ccc3O)C(=O)C(=O)N2CCN2CCOCC2)cc1. The Morgan fingerprint density at radius 1 is 1.00 bits per heavy atom. The molecule has 32 heavy (non-hydrogen) atoms. The molecule has 0 aliphatic carbocycles. The number of likely N-dealkylation sites (tertiary alicyclic amines) is 1. The number of morpholine rings is 1. The highest BCUT2D eigenvalue weighted by molar-refractivity contribution is 6.46. The molecule has 1 atom stereocenters. The lowest BCUT2D eigenvalue weighted by Gasteiger charge is -2.31. The summed E-state index contributed by atoms with van der Waals surface area (Å²) in [6.45, 7) is 7.58. The van der Waals surface area contributed by atoms with Gasteiger partial charge in [-0.3, -0.25) is 14.5 Å². The van der Waals surface area contributed by atoms with E-state index in [0.29, 0.717) is 26.3 Å². The lowest BCUT2D eigenvalue weighted by Crippen LogP contribution is -2.42. The maximum atomic E-state index is 13.1. The van der Waals surface area contributed by atoms with Gasteiger partial charge in [0, 0.05) is 26.2 Å². The second kappa shape index (κ2) is 9.14. The average Bonchev–Trinajstić information content (AvgIpc) is 3.05. The minimum atomic E-state index is -0.740. The highest BCUT2D eigenvalue weighted by Gasteiger charge is 2.46. The topological polar surface area (TPSA) is 90.3 Å². The van der Waals surface area contributed by atoms with Gasteiger partial charge < -0.3 is 19.8 Å². The number of amides is 1. The van der Waals surface area contributed by atoms with E-state index in [2.05, 4.69) is 4.90 Å². The molecule has 7 heteroatoms. The van der Waals surface area contributed by atoms with E-state index in [1.54, 1.807) is 12.1 Å². The first-order valence-corrected chi connectivity index (χ1v) is 10.8. The Balaban J connectivity index is 1.76. The van der Waals surface area contributed by atoms with Crippen LogP contribution in [0.25, 0.3) is 5.76 Å². The Kier molecular flexibility index (Phi) is 6.30. The van der Waals surface area contributed by atoms with E-state index in [1.165, 1.54) is 11.0 Å². The summed E-state index contributed by atoms with van der Waals surface area (Å²) < 4.78 is 5.39. The van der Waals surface area contributed by atoms with Crippen molar-refractivity contribution >= 4 is 17.4 Å². The van der Waals surface area contributed by atoms with E-state index in [9.17, 15) is 19.8 Å². The number of ether oxygens (including phenoxy) is 1. The summed E-state index contributed by atoms with van der Waals surface area (Å²) in [5.74, 6) is -1.88. The van der Waals surface area contributed by atoms with E-state index >= 15 is 0 Å². The average molecular weight is 437 g/mol. The number of carbonyl (C=O) groups is 2. The Bertz CT molecular complexity index is 1050. The van der Waals surface area contributed by atoms with Crippen LogP contribution in [-0.2, 0) is 14.3 Å². The lowest BCUT2D eigenvalue weighted by atomic mass is 9.94. The number of phenols is 1. The van der Waals surface area contributed by atoms with Crippen molar-refractivity contribution in [1.29, 1.82) is 0 Å². The Morgan fingerprint density at radius 2 is 1.66 bits per heavy atom. The van der Waals surface area contributed by atoms with E-state index in [4.69, 9.17) is 4.74 Å². The van der Waals surface area contributed by atoms with Crippen molar-refractivity contribution in [1.82, 2.24) is 9.80 Å².